The van der Waals surface area contributed by atoms with Gasteiger partial charge in [-0.2, -0.15) is 0 Å². The minimum atomic E-state index is -0.0791. The van der Waals surface area contributed by atoms with Crippen molar-refractivity contribution in [2.75, 3.05) is 20.2 Å². The molecule has 0 aromatic carbocycles. The van der Waals surface area contributed by atoms with E-state index < -0.39 is 0 Å². The van der Waals surface area contributed by atoms with E-state index in [0.29, 0.717) is 6.04 Å². The molecule has 0 aromatic rings. The second-order valence-electron chi connectivity index (χ2n) is 5.46. The highest BCUT2D eigenvalue weighted by molar-refractivity contribution is 5.72. The molecule has 0 N–H and O–H groups in total. The van der Waals surface area contributed by atoms with Gasteiger partial charge in [-0.1, -0.05) is 13.3 Å². The first kappa shape index (κ1) is 11.9. The zero-order valence-corrected chi connectivity index (χ0v) is 10.6. The molecule has 1 aliphatic heterocycles. The number of rotatable bonds is 3. The molecule has 2 aliphatic rings. The summed E-state index contributed by atoms with van der Waals surface area (Å²) in [4.78, 5) is 14.0. The van der Waals surface area contributed by atoms with E-state index in [1.807, 2.05) is 6.92 Å². The maximum atomic E-state index is 11.5. The van der Waals surface area contributed by atoms with Gasteiger partial charge in [-0.05, 0) is 31.6 Å². The lowest BCUT2D eigenvalue weighted by molar-refractivity contribution is -0.146. The summed E-state index contributed by atoms with van der Waals surface area (Å²) in [5.74, 6) is 1.70. The number of esters is 1. The summed E-state index contributed by atoms with van der Waals surface area (Å²) < 4.78 is 4.82. The molecule has 2 fully saturated rings. The lowest BCUT2D eigenvalue weighted by Crippen LogP contribution is -2.40. The van der Waals surface area contributed by atoms with Gasteiger partial charge < -0.3 is 4.74 Å². The van der Waals surface area contributed by atoms with Crippen molar-refractivity contribution in [3.05, 3.63) is 0 Å². The molecule has 1 saturated heterocycles. The maximum absolute atomic E-state index is 11.5. The predicted molar refractivity (Wildman–Crippen MR) is 63.0 cm³/mol. The molecule has 92 valence electrons. The molecule has 1 heterocycles. The van der Waals surface area contributed by atoms with Crippen LogP contribution in [0.3, 0.4) is 0 Å². The van der Waals surface area contributed by atoms with Crippen LogP contribution in [-0.4, -0.2) is 37.1 Å². The standard InChI is InChI=1S/C13H23NO2/c1-9(13(15)16-3)10(2)14-7-11-5-4-6-12(11)8-14/h9-12H,4-8H2,1-3H3. The van der Waals surface area contributed by atoms with Crippen LogP contribution in [0.1, 0.15) is 33.1 Å². The van der Waals surface area contributed by atoms with Gasteiger partial charge in [0.2, 0.25) is 0 Å². The van der Waals surface area contributed by atoms with Crippen LogP contribution in [0.2, 0.25) is 0 Å². The number of hydrogen-bond donors (Lipinski definition) is 0. The number of methoxy groups -OCH3 is 1. The number of fused-ring (bicyclic) bond motifs is 1. The fourth-order valence-corrected chi connectivity index (χ4v) is 3.30. The molecular weight excluding hydrogens is 202 g/mol. The molecule has 4 atom stereocenters. The zero-order valence-electron chi connectivity index (χ0n) is 10.6. The van der Waals surface area contributed by atoms with Gasteiger partial charge in [-0.3, -0.25) is 9.69 Å². The second kappa shape index (κ2) is 4.74. The highest BCUT2D eigenvalue weighted by atomic mass is 16.5. The third-order valence-corrected chi connectivity index (χ3v) is 4.63. The smallest absolute Gasteiger partial charge is 0.309 e. The summed E-state index contributed by atoms with van der Waals surface area (Å²) in [6.45, 7) is 6.51. The van der Waals surface area contributed by atoms with Gasteiger partial charge >= 0.3 is 5.97 Å². The second-order valence-corrected chi connectivity index (χ2v) is 5.46. The monoisotopic (exact) mass is 225 g/mol. The Morgan fingerprint density at radius 2 is 1.81 bits per heavy atom. The van der Waals surface area contributed by atoms with E-state index in [4.69, 9.17) is 4.74 Å². The van der Waals surface area contributed by atoms with E-state index >= 15 is 0 Å². The summed E-state index contributed by atoms with van der Waals surface area (Å²) >= 11 is 0. The number of ether oxygens (including phenoxy) is 1. The Morgan fingerprint density at radius 3 is 2.31 bits per heavy atom. The highest BCUT2D eigenvalue weighted by Gasteiger charge is 2.39. The van der Waals surface area contributed by atoms with E-state index in [9.17, 15) is 4.79 Å². The van der Waals surface area contributed by atoms with Gasteiger partial charge in [0.25, 0.3) is 0 Å². The Morgan fingerprint density at radius 1 is 1.25 bits per heavy atom. The van der Waals surface area contributed by atoms with E-state index in [1.165, 1.54) is 39.5 Å². The number of nitrogens with zero attached hydrogens (tertiary/aromatic N) is 1. The maximum Gasteiger partial charge on any atom is 0.309 e. The summed E-state index contributed by atoms with van der Waals surface area (Å²) in [5, 5.41) is 0. The van der Waals surface area contributed by atoms with Crippen molar-refractivity contribution in [3.63, 3.8) is 0 Å². The van der Waals surface area contributed by atoms with E-state index in [1.54, 1.807) is 0 Å². The average Bonchev–Trinajstić information content (AvgIpc) is 2.85. The van der Waals surface area contributed by atoms with E-state index in [-0.39, 0.29) is 11.9 Å². The molecule has 4 unspecified atom stereocenters. The minimum Gasteiger partial charge on any atom is -0.469 e. The van der Waals surface area contributed by atoms with Crippen molar-refractivity contribution in [1.29, 1.82) is 0 Å². The molecule has 1 aliphatic carbocycles. The van der Waals surface area contributed by atoms with Crippen molar-refractivity contribution in [2.24, 2.45) is 17.8 Å². The topological polar surface area (TPSA) is 29.5 Å². The third-order valence-electron chi connectivity index (χ3n) is 4.63. The fraction of sp³-hybridized carbons (Fsp3) is 0.923. The molecule has 0 radical (unpaired) electrons. The normalized spacial score (nSPS) is 33.4. The number of hydrogen-bond acceptors (Lipinski definition) is 3. The van der Waals surface area contributed by atoms with E-state index in [0.717, 1.165) is 11.8 Å². The first-order valence-electron chi connectivity index (χ1n) is 6.45. The SMILES string of the molecule is COC(=O)C(C)C(C)N1CC2CCCC2C1. The number of carbonyl (C=O) groups is 1. The highest BCUT2D eigenvalue weighted by Crippen LogP contribution is 2.39. The number of carbonyl (C=O) groups excluding carboxylic acids is 1. The molecule has 16 heavy (non-hydrogen) atoms. The number of likely N-dealkylation sites (tertiary alicyclic amines) is 1. The summed E-state index contributed by atoms with van der Waals surface area (Å²) in [6, 6.07) is 0.318. The van der Waals surface area contributed by atoms with Crippen molar-refractivity contribution in [1.82, 2.24) is 4.90 Å². The van der Waals surface area contributed by atoms with Crippen LogP contribution in [0.5, 0.6) is 0 Å². The van der Waals surface area contributed by atoms with Gasteiger partial charge in [-0.25, -0.2) is 0 Å². The Bertz CT molecular complexity index is 255. The van der Waals surface area contributed by atoms with Gasteiger partial charge in [0, 0.05) is 19.1 Å². The quantitative estimate of drug-likeness (QED) is 0.687. The predicted octanol–water partition coefficient (Wildman–Crippen LogP) is 1.92. The van der Waals surface area contributed by atoms with Crippen molar-refractivity contribution in [2.45, 2.75) is 39.2 Å². The van der Waals surface area contributed by atoms with Crippen LogP contribution in [0.25, 0.3) is 0 Å². The van der Waals surface area contributed by atoms with Gasteiger partial charge in [0.15, 0.2) is 0 Å². The molecule has 0 bridgehead atoms. The van der Waals surface area contributed by atoms with Crippen LogP contribution in [-0.2, 0) is 9.53 Å². The molecule has 3 heteroatoms. The van der Waals surface area contributed by atoms with Gasteiger partial charge in [0.05, 0.1) is 13.0 Å². The van der Waals surface area contributed by atoms with Crippen molar-refractivity contribution < 1.29 is 9.53 Å². The van der Waals surface area contributed by atoms with Crippen molar-refractivity contribution >= 4 is 5.97 Å². The molecule has 3 nitrogen and oxygen atoms in total. The zero-order chi connectivity index (χ0) is 11.7. The largest absolute Gasteiger partial charge is 0.469 e. The third kappa shape index (κ3) is 2.10. The minimum absolute atomic E-state index is 0.0103. The lowest BCUT2D eigenvalue weighted by atomic mass is 10.0. The van der Waals surface area contributed by atoms with Crippen LogP contribution in [0.4, 0.5) is 0 Å². The van der Waals surface area contributed by atoms with Gasteiger partial charge in [0.1, 0.15) is 0 Å². The average molecular weight is 225 g/mol. The Labute approximate surface area is 98.1 Å². The Hall–Kier alpha value is -0.570. The molecule has 2 rings (SSSR count). The summed E-state index contributed by atoms with van der Waals surface area (Å²) in [7, 11) is 1.48. The summed E-state index contributed by atoms with van der Waals surface area (Å²) in [6.07, 6.45) is 4.19. The molecular formula is C13H23NO2. The van der Waals surface area contributed by atoms with E-state index in [2.05, 4.69) is 11.8 Å². The molecule has 0 amide bonds. The Balaban J connectivity index is 1.91. The first-order chi connectivity index (χ1) is 7.63. The first-order valence-corrected chi connectivity index (χ1v) is 6.45. The molecule has 0 spiro atoms. The lowest BCUT2D eigenvalue weighted by Gasteiger charge is -2.28. The molecule has 1 saturated carbocycles. The summed E-state index contributed by atoms with van der Waals surface area (Å²) in [5.41, 5.74) is 0. The van der Waals surface area contributed by atoms with Crippen LogP contribution < -0.4 is 0 Å². The molecule has 0 aromatic heterocycles. The van der Waals surface area contributed by atoms with Crippen LogP contribution >= 0.6 is 0 Å². The van der Waals surface area contributed by atoms with Crippen LogP contribution in [0.15, 0.2) is 0 Å². The fourth-order valence-electron chi connectivity index (χ4n) is 3.30. The van der Waals surface area contributed by atoms with Crippen LogP contribution in [0, 0.1) is 17.8 Å². The van der Waals surface area contributed by atoms with Gasteiger partial charge in [-0.15, -0.1) is 0 Å². The van der Waals surface area contributed by atoms with Crippen molar-refractivity contribution in [3.8, 4) is 0 Å². The Kier molecular flexibility index (Phi) is 3.53.